The molecule has 0 aromatic heterocycles. The van der Waals surface area contributed by atoms with Gasteiger partial charge in [-0.25, -0.2) is 4.39 Å². The fraction of sp³-hybridized carbons (Fsp3) is 0.600. The van der Waals surface area contributed by atoms with Crippen LogP contribution in [0.25, 0.3) is 0 Å². The molecule has 0 spiro atoms. The van der Waals surface area contributed by atoms with Crippen LogP contribution in [0.1, 0.15) is 30.9 Å². The summed E-state index contributed by atoms with van der Waals surface area (Å²) in [5, 5.41) is 10.7. The van der Waals surface area contributed by atoms with Crippen molar-refractivity contribution < 1.29 is 9.50 Å². The van der Waals surface area contributed by atoms with E-state index < -0.39 is 5.60 Å². The van der Waals surface area contributed by atoms with Crippen molar-refractivity contribution in [3.8, 4) is 0 Å². The van der Waals surface area contributed by atoms with Crippen LogP contribution in [-0.4, -0.2) is 35.2 Å². The highest BCUT2D eigenvalue weighted by Crippen LogP contribution is 2.30. The number of nitrogens with zero attached hydrogens (tertiary/aromatic N) is 1. The van der Waals surface area contributed by atoms with Gasteiger partial charge in [0.25, 0.3) is 0 Å². The SMILES string of the molecule is Cc1cc(F)ccc1CC1(O)CCN(C)C(C)C1. The Morgan fingerprint density at radius 1 is 1.50 bits per heavy atom. The molecule has 1 aliphatic heterocycles. The third kappa shape index (κ3) is 2.90. The van der Waals surface area contributed by atoms with E-state index in [-0.39, 0.29) is 5.82 Å². The molecule has 0 bridgehead atoms. The minimum absolute atomic E-state index is 0.208. The number of halogens is 1. The Morgan fingerprint density at radius 2 is 2.22 bits per heavy atom. The fourth-order valence-corrected chi connectivity index (χ4v) is 2.79. The van der Waals surface area contributed by atoms with Crippen LogP contribution >= 0.6 is 0 Å². The van der Waals surface area contributed by atoms with E-state index >= 15 is 0 Å². The second-order valence-electron chi connectivity index (χ2n) is 5.76. The van der Waals surface area contributed by atoms with Gasteiger partial charge in [0.1, 0.15) is 5.82 Å². The highest BCUT2D eigenvalue weighted by Gasteiger charge is 2.35. The van der Waals surface area contributed by atoms with Crippen LogP contribution < -0.4 is 0 Å². The first-order valence-corrected chi connectivity index (χ1v) is 6.57. The third-order valence-corrected chi connectivity index (χ3v) is 4.18. The first-order chi connectivity index (χ1) is 8.39. The lowest BCUT2D eigenvalue weighted by atomic mass is 9.81. The predicted octanol–water partition coefficient (Wildman–Crippen LogP) is 2.52. The molecular formula is C15H22FNO. The van der Waals surface area contributed by atoms with Crippen molar-refractivity contribution >= 4 is 0 Å². The standard InChI is InChI=1S/C15H22FNO/c1-11-8-14(16)5-4-13(11)10-15(18)6-7-17(3)12(2)9-15/h4-5,8,12,18H,6-7,9-10H2,1-3H3. The highest BCUT2D eigenvalue weighted by atomic mass is 19.1. The highest BCUT2D eigenvalue weighted by molar-refractivity contribution is 5.28. The minimum atomic E-state index is -0.644. The molecule has 1 aliphatic rings. The topological polar surface area (TPSA) is 23.5 Å². The van der Waals surface area contributed by atoms with Crippen LogP contribution in [-0.2, 0) is 6.42 Å². The molecule has 2 nitrogen and oxygen atoms in total. The van der Waals surface area contributed by atoms with Crippen LogP contribution in [0, 0.1) is 12.7 Å². The van der Waals surface area contributed by atoms with Crippen molar-refractivity contribution in [2.75, 3.05) is 13.6 Å². The van der Waals surface area contributed by atoms with Crippen LogP contribution in [0.15, 0.2) is 18.2 Å². The van der Waals surface area contributed by atoms with Crippen LogP contribution in [0.5, 0.6) is 0 Å². The van der Waals surface area contributed by atoms with Gasteiger partial charge in [0.05, 0.1) is 5.60 Å². The monoisotopic (exact) mass is 251 g/mol. The lowest BCUT2D eigenvalue weighted by molar-refractivity contribution is -0.0354. The lowest BCUT2D eigenvalue weighted by Crippen LogP contribution is -2.48. The van der Waals surface area contributed by atoms with Gasteiger partial charge in [-0.05, 0) is 57.0 Å². The van der Waals surface area contributed by atoms with Crippen LogP contribution in [0.2, 0.25) is 0 Å². The van der Waals surface area contributed by atoms with Gasteiger partial charge in [0.2, 0.25) is 0 Å². The first-order valence-electron chi connectivity index (χ1n) is 6.57. The quantitative estimate of drug-likeness (QED) is 0.873. The van der Waals surface area contributed by atoms with Gasteiger partial charge in [-0.2, -0.15) is 0 Å². The van der Waals surface area contributed by atoms with Gasteiger partial charge in [0.15, 0.2) is 0 Å². The Bertz CT molecular complexity index is 435. The maximum atomic E-state index is 13.1. The second kappa shape index (κ2) is 4.98. The summed E-state index contributed by atoms with van der Waals surface area (Å²) in [6, 6.07) is 5.21. The number of benzene rings is 1. The molecule has 2 rings (SSSR count). The van der Waals surface area contributed by atoms with Gasteiger partial charge in [-0.1, -0.05) is 6.07 Å². The number of rotatable bonds is 2. The largest absolute Gasteiger partial charge is 0.389 e. The van der Waals surface area contributed by atoms with Crippen molar-refractivity contribution in [1.29, 1.82) is 0 Å². The van der Waals surface area contributed by atoms with E-state index in [9.17, 15) is 9.50 Å². The smallest absolute Gasteiger partial charge is 0.123 e. The average molecular weight is 251 g/mol. The molecular weight excluding hydrogens is 229 g/mol. The molecule has 0 saturated carbocycles. The zero-order valence-corrected chi connectivity index (χ0v) is 11.4. The molecule has 18 heavy (non-hydrogen) atoms. The molecule has 1 aromatic carbocycles. The Labute approximate surface area is 108 Å². The van der Waals surface area contributed by atoms with E-state index in [2.05, 4.69) is 18.9 Å². The number of hydrogen-bond donors (Lipinski definition) is 1. The number of aryl methyl sites for hydroxylation is 1. The summed E-state index contributed by atoms with van der Waals surface area (Å²) in [6.07, 6.45) is 2.18. The average Bonchev–Trinajstić information content (AvgIpc) is 2.28. The van der Waals surface area contributed by atoms with E-state index in [4.69, 9.17) is 0 Å². The maximum absolute atomic E-state index is 13.1. The summed E-state index contributed by atoms with van der Waals surface area (Å²) in [7, 11) is 2.09. The van der Waals surface area contributed by atoms with E-state index in [0.717, 1.165) is 30.5 Å². The zero-order chi connectivity index (χ0) is 13.3. The Hall–Kier alpha value is -0.930. The predicted molar refractivity (Wildman–Crippen MR) is 71.1 cm³/mol. The Morgan fingerprint density at radius 3 is 2.83 bits per heavy atom. The molecule has 0 radical (unpaired) electrons. The lowest BCUT2D eigenvalue weighted by Gasteiger charge is -2.41. The summed E-state index contributed by atoms with van der Waals surface area (Å²) < 4.78 is 13.1. The van der Waals surface area contributed by atoms with Gasteiger partial charge < -0.3 is 10.0 Å². The van der Waals surface area contributed by atoms with Gasteiger partial charge in [0, 0.05) is 19.0 Å². The summed E-state index contributed by atoms with van der Waals surface area (Å²) in [5.74, 6) is -0.208. The number of likely N-dealkylation sites (tertiary alicyclic amines) is 1. The number of aliphatic hydroxyl groups is 1. The minimum Gasteiger partial charge on any atom is -0.389 e. The molecule has 0 aliphatic carbocycles. The van der Waals surface area contributed by atoms with Gasteiger partial charge in [-0.15, -0.1) is 0 Å². The van der Waals surface area contributed by atoms with Crippen LogP contribution in [0.4, 0.5) is 4.39 Å². The molecule has 0 amide bonds. The van der Waals surface area contributed by atoms with E-state index in [1.807, 2.05) is 6.92 Å². The molecule has 3 heteroatoms. The molecule has 1 fully saturated rings. The normalized spacial score (nSPS) is 29.5. The molecule has 1 N–H and O–H groups in total. The second-order valence-corrected chi connectivity index (χ2v) is 5.76. The molecule has 2 atom stereocenters. The first kappa shape index (κ1) is 13.5. The van der Waals surface area contributed by atoms with Crippen molar-refractivity contribution in [3.05, 3.63) is 35.1 Å². The van der Waals surface area contributed by atoms with Gasteiger partial charge >= 0.3 is 0 Å². The molecule has 100 valence electrons. The Balaban J connectivity index is 2.13. The molecule has 2 unspecified atom stereocenters. The van der Waals surface area contributed by atoms with Gasteiger partial charge in [-0.3, -0.25) is 0 Å². The van der Waals surface area contributed by atoms with Crippen LogP contribution in [0.3, 0.4) is 0 Å². The summed E-state index contributed by atoms with van der Waals surface area (Å²) in [4.78, 5) is 2.27. The van der Waals surface area contributed by atoms with Crippen molar-refractivity contribution in [2.24, 2.45) is 0 Å². The zero-order valence-electron chi connectivity index (χ0n) is 11.4. The molecule has 1 saturated heterocycles. The van der Waals surface area contributed by atoms with Crippen molar-refractivity contribution in [1.82, 2.24) is 4.90 Å². The van der Waals surface area contributed by atoms with E-state index in [1.165, 1.54) is 12.1 Å². The molecule has 1 aromatic rings. The number of piperidine rings is 1. The summed E-state index contributed by atoms with van der Waals surface area (Å²) >= 11 is 0. The Kier molecular flexibility index (Phi) is 3.74. The van der Waals surface area contributed by atoms with Crippen molar-refractivity contribution in [3.63, 3.8) is 0 Å². The van der Waals surface area contributed by atoms with E-state index in [1.54, 1.807) is 6.07 Å². The van der Waals surface area contributed by atoms with Crippen molar-refractivity contribution in [2.45, 2.75) is 44.8 Å². The summed E-state index contributed by atoms with van der Waals surface area (Å²) in [6.45, 7) is 4.96. The maximum Gasteiger partial charge on any atom is 0.123 e. The third-order valence-electron chi connectivity index (χ3n) is 4.18. The van der Waals surface area contributed by atoms with E-state index in [0.29, 0.717) is 12.5 Å². The fourth-order valence-electron chi connectivity index (χ4n) is 2.79. The molecule has 1 heterocycles. The number of hydrogen-bond acceptors (Lipinski definition) is 2. The summed E-state index contributed by atoms with van der Waals surface area (Å²) in [5.41, 5.74) is 1.33.